The molecular formula is C12H24N2O3S. The zero-order chi connectivity index (χ0) is 13.9. The van der Waals surface area contributed by atoms with Gasteiger partial charge in [0.05, 0.1) is 5.75 Å². The van der Waals surface area contributed by atoms with Crippen LogP contribution in [0.4, 0.5) is 0 Å². The first-order valence-corrected chi connectivity index (χ1v) is 8.46. The van der Waals surface area contributed by atoms with Crippen molar-refractivity contribution in [1.82, 2.24) is 4.90 Å². The molecule has 1 amide bonds. The average molecular weight is 276 g/mol. The quantitative estimate of drug-likeness (QED) is 0.798. The first-order valence-electron chi connectivity index (χ1n) is 6.40. The van der Waals surface area contributed by atoms with Gasteiger partial charge < -0.3 is 10.6 Å². The summed E-state index contributed by atoms with van der Waals surface area (Å²) >= 11 is 0. The Labute approximate surface area is 110 Å². The third-order valence-electron chi connectivity index (χ3n) is 3.85. The Morgan fingerprint density at radius 1 is 1.39 bits per heavy atom. The Hall–Kier alpha value is -0.620. The summed E-state index contributed by atoms with van der Waals surface area (Å²) in [6, 6.07) is 0.0796. The highest BCUT2D eigenvalue weighted by molar-refractivity contribution is 7.90. The van der Waals surface area contributed by atoms with Crippen LogP contribution in [0.5, 0.6) is 0 Å². The Kier molecular flexibility index (Phi) is 5.16. The minimum Gasteiger partial charge on any atom is -0.344 e. The number of carbonyl (C=O) groups excluding carboxylic acids is 1. The van der Waals surface area contributed by atoms with Gasteiger partial charge in [0.15, 0.2) is 0 Å². The number of carbonyl (C=O) groups is 1. The highest BCUT2D eigenvalue weighted by Gasteiger charge is 2.34. The maximum Gasteiger partial charge on any atom is 0.225 e. The van der Waals surface area contributed by atoms with Crippen LogP contribution >= 0.6 is 0 Å². The predicted molar refractivity (Wildman–Crippen MR) is 71.8 cm³/mol. The molecule has 0 aliphatic heterocycles. The van der Waals surface area contributed by atoms with E-state index in [2.05, 4.69) is 0 Å². The SMILES string of the molecule is CC1C(N)CCCC1C(=O)N(C)CCS(C)(=O)=O. The number of amides is 1. The highest BCUT2D eigenvalue weighted by Crippen LogP contribution is 2.30. The van der Waals surface area contributed by atoms with Crippen LogP contribution in [0.2, 0.25) is 0 Å². The second-order valence-electron chi connectivity index (χ2n) is 5.45. The van der Waals surface area contributed by atoms with Gasteiger partial charge in [-0.05, 0) is 18.8 Å². The number of nitrogens with two attached hydrogens (primary N) is 1. The van der Waals surface area contributed by atoms with E-state index in [0.717, 1.165) is 19.3 Å². The number of rotatable bonds is 4. The summed E-state index contributed by atoms with van der Waals surface area (Å²) in [6.45, 7) is 2.27. The normalized spacial score (nSPS) is 29.0. The fourth-order valence-electron chi connectivity index (χ4n) is 2.44. The topological polar surface area (TPSA) is 80.5 Å². The van der Waals surface area contributed by atoms with Crippen LogP contribution in [0, 0.1) is 11.8 Å². The number of sulfone groups is 1. The molecule has 1 aliphatic carbocycles. The molecule has 0 spiro atoms. The lowest BCUT2D eigenvalue weighted by atomic mass is 9.76. The third kappa shape index (κ3) is 4.24. The van der Waals surface area contributed by atoms with E-state index in [1.54, 1.807) is 7.05 Å². The van der Waals surface area contributed by atoms with Crippen molar-refractivity contribution >= 4 is 15.7 Å². The lowest BCUT2D eigenvalue weighted by molar-refractivity contribution is -0.137. The van der Waals surface area contributed by atoms with Gasteiger partial charge in [-0.2, -0.15) is 0 Å². The molecule has 1 saturated carbocycles. The molecule has 5 nitrogen and oxygen atoms in total. The van der Waals surface area contributed by atoms with E-state index >= 15 is 0 Å². The van der Waals surface area contributed by atoms with Crippen molar-refractivity contribution < 1.29 is 13.2 Å². The molecule has 6 heteroatoms. The van der Waals surface area contributed by atoms with Crippen molar-refractivity contribution in [3.63, 3.8) is 0 Å². The molecule has 0 bridgehead atoms. The van der Waals surface area contributed by atoms with Crippen molar-refractivity contribution in [2.24, 2.45) is 17.6 Å². The molecule has 0 heterocycles. The van der Waals surface area contributed by atoms with Crippen molar-refractivity contribution in [3.05, 3.63) is 0 Å². The molecular weight excluding hydrogens is 252 g/mol. The van der Waals surface area contributed by atoms with Crippen LogP contribution in [0.25, 0.3) is 0 Å². The second kappa shape index (κ2) is 6.02. The van der Waals surface area contributed by atoms with Gasteiger partial charge in [-0.3, -0.25) is 4.79 Å². The minimum atomic E-state index is -3.03. The standard InChI is InChI=1S/C12H24N2O3S/c1-9-10(5-4-6-11(9)13)12(15)14(2)7-8-18(3,16)17/h9-11H,4-8,13H2,1-3H3. The zero-order valence-corrected chi connectivity index (χ0v) is 12.2. The van der Waals surface area contributed by atoms with Gasteiger partial charge in [-0.15, -0.1) is 0 Å². The minimum absolute atomic E-state index is 0.0163. The maximum atomic E-state index is 12.2. The van der Waals surface area contributed by atoms with Crippen LogP contribution in [-0.4, -0.2) is 50.9 Å². The Balaban J connectivity index is 2.57. The van der Waals surface area contributed by atoms with Crippen LogP contribution in [-0.2, 0) is 14.6 Å². The third-order valence-corrected chi connectivity index (χ3v) is 4.78. The van der Waals surface area contributed by atoms with Crippen molar-refractivity contribution in [1.29, 1.82) is 0 Å². The van der Waals surface area contributed by atoms with Crippen molar-refractivity contribution in [2.45, 2.75) is 32.2 Å². The first-order chi connectivity index (χ1) is 8.22. The predicted octanol–water partition coefficient (Wildman–Crippen LogP) is 0.253. The fraction of sp³-hybridized carbons (Fsp3) is 0.917. The second-order valence-corrected chi connectivity index (χ2v) is 7.71. The zero-order valence-electron chi connectivity index (χ0n) is 11.4. The molecule has 0 aromatic carbocycles. The van der Waals surface area contributed by atoms with Gasteiger partial charge in [0, 0.05) is 31.8 Å². The summed E-state index contributed by atoms with van der Waals surface area (Å²) in [7, 11) is -1.36. The molecule has 0 aromatic rings. The van der Waals surface area contributed by atoms with Gasteiger partial charge in [-0.25, -0.2) is 8.42 Å². The molecule has 3 atom stereocenters. The molecule has 3 unspecified atom stereocenters. The Bertz CT molecular complexity index is 394. The van der Waals surface area contributed by atoms with E-state index in [0.29, 0.717) is 0 Å². The molecule has 18 heavy (non-hydrogen) atoms. The van der Waals surface area contributed by atoms with E-state index in [9.17, 15) is 13.2 Å². The van der Waals surface area contributed by atoms with Gasteiger partial charge in [-0.1, -0.05) is 13.3 Å². The summed E-state index contributed by atoms with van der Waals surface area (Å²) in [6.07, 6.45) is 3.99. The summed E-state index contributed by atoms with van der Waals surface area (Å²) in [4.78, 5) is 13.8. The highest BCUT2D eigenvalue weighted by atomic mass is 32.2. The molecule has 0 aromatic heterocycles. The summed E-state index contributed by atoms with van der Waals surface area (Å²) < 4.78 is 22.2. The van der Waals surface area contributed by atoms with Crippen LogP contribution in [0.15, 0.2) is 0 Å². The monoisotopic (exact) mass is 276 g/mol. The molecule has 1 fully saturated rings. The van der Waals surface area contributed by atoms with Gasteiger partial charge in [0.1, 0.15) is 9.84 Å². The lowest BCUT2D eigenvalue weighted by Gasteiger charge is -2.35. The van der Waals surface area contributed by atoms with E-state index in [1.807, 2.05) is 6.92 Å². The fourth-order valence-corrected chi connectivity index (χ4v) is 3.05. The van der Waals surface area contributed by atoms with Crippen LogP contribution in [0.1, 0.15) is 26.2 Å². The molecule has 0 radical (unpaired) electrons. The van der Waals surface area contributed by atoms with Crippen LogP contribution in [0.3, 0.4) is 0 Å². The number of nitrogens with zero attached hydrogens (tertiary/aromatic N) is 1. The van der Waals surface area contributed by atoms with E-state index in [4.69, 9.17) is 5.73 Å². The van der Waals surface area contributed by atoms with E-state index < -0.39 is 9.84 Å². The lowest BCUT2D eigenvalue weighted by Crippen LogP contribution is -2.45. The Morgan fingerprint density at radius 2 is 2.00 bits per heavy atom. The molecule has 2 N–H and O–H groups in total. The molecule has 1 rings (SSSR count). The number of hydrogen-bond acceptors (Lipinski definition) is 4. The van der Waals surface area contributed by atoms with E-state index in [1.165, 1.54) is 11.2 Å². The van der Waals surface area contributed by atoms with Gasteiger partial charge in [0.25, 0.3) is 0 Å². The largest absolute Gasteiger partial charge is 0.344 e. The average Bonchev–Trinajstić information content (AvgIpc) is 2.28. The van der Waals surface area contributed by atoms with Crippen molar-refractivity contribution in [2.75, 3.05) is 25.6 Å². The first kappa shape index (κ1) is 15.4. The smallest absolute Gasteiger partial charge is 0.225 e. The summed E-state index contributed by atoms with van der Waals surface area (Å²) in [5.41, 5.74) is 5.98. The van der Waals surface area contributed by atoms with Crippen molar-refractivity contribution in [3.8, 4) is 0 Å². The summed E-state index contributed by atoms with van der Waals surface area (Å²) in [5, 5.41) is 0. The van der Waals surface area contributed by atoms with Gasteiger partial charge in [0.2, 0.25) is 5.91 Å². The molecule has 1 aliphatic rings. The molecule has 0 saturated heterocycles. The maximum absolute atomic E-state index is 12.2. The van der Waals surface area contributed by atoms with Gasteiger partial charge >= 0.3 is 0 Å². The van der Waals surface area contributed by atoms with Crippen LogP contribution < -0.4 is 5.73 Å². The van der Waals surface area contributed by atoms with E-state index in [-0.39, 0.29) is 36.1 Å². The molecule has 106 valence electrons. The Morgan fingerprint density at radius 3 is 2.56 bits per heavy atom. The summed E-state index contributed by atoms with van der Waals surface area (Å²) in [5.74, 6) is 0.161. The number of hydrogen-bond donors (Lipinski definition) is 1.